The number of hydrogen-bond donors (Lipinski definition) is 2. The quantitative estimate of drug-likeness (QED) is 0.467. The Bertz CT molecular complexity index is 200. The number of hydrogen-bond acceptors (Lipinski definition) is 1. The molecule has 0 radical (unpaired) electrons. The molecule has 2 rings (SSSR count). The van der Waals surface area contributed by atoms with Crippen molar-refractivity contribution < 1.29 is 0 Å². The number of guanidine groups is 1. The second-order valence-corrected chi connectivity index (χ2v) is 4.10. The fourth-order valence-electron chi connectivity index (χ4n) is 2.61. The summed E-state index contributed by atoms with van der Waals surface area (Å²) in [4.78, 5) is 4.14. The summed E-state index contributed by atoms with van der Waals surface area (Å²) in [5, 5.41) is 6.54. The van der Waals surface area contributed by atoms with E-state index >= 15 is 0 Å². The summed E-state index contributed by atoms with van der Waals surface area (Å²) in [6, 6.07) is 0.716. The van der Waals surface area contributed by atoms with E-state index in [9.17, 15) is 0 Å². The zero-order chi connectivity index (χ0) is 9.26. The third kappa shape index (κ3) is 1.64. The van der Waals surface area contributed by atoms with Gasteiger partial charge in [0.1, 0.15) is 0 Å². The van der Waals surface area contributed by atoms with Gasteiger partial charge in [-0.15, -0.1) is 0 Å². The van der Waals surface area contributed by atoms with E-state index in [-0.39, 0.29) is 0 Å². The van der Waals surface area contributed by atoms with Crippen LogP contribution in [0, 0.1) is 11.8 Å². The number of rotatable bonds is 1. The fraction of sp³-hybridized carbons (Fsp3) is 0.900. The molecule has 0 aromatic heterocycles. The standard InChI is InChI=1S/C10H19N3/c1-11-10(12-2)13-9-7-5-3-4-6-8(7)9/h7-9H,3-6H2,1-2H3,(H2,11,12,13). The summed E-state index contributed by atoms with van der Waals surface area (Å²) in [6.45, 7) is 0. The minimum atomic E-state index is 0.716. The molecule has 0 bridgehead atoms. The van der Waals surface area contributed by atoms with E-state index in [4.69, 9.17) is 0 Å². The molecule has 2 aliphatic rings. The Kier molecular flexibility index (Phi) is 2.42. The van der Waals surface area contributed by atoms with Crippen LogP contribution in [0.25, 0.3) is 0 Å². The van der Waals surface area contributed by atoms with Gasteiger partial charge in [0, 0.05) is 20.1 Å². The Morgan fingerprint density at radius 2 is 1.85 bits per heavy atom. The lowest BCUT2D eigenvalue weighted by molar-refractivity contribution is 0.480. The van der Waals surface area contributed by atoms with E-state index in [1.54, 1.807) is 0 Å². The Hall–Kier alpha value is -0.730. The van der Waals surface area contributed by atoms with Crippen molar-refractivity contribution in [3.05, 3.63) is 0 Å². The van der Waals surface area contributed by atoms with Crippen molar-refractivity contribution in [3.63, 3.8) is 0 Å². The first-order valence-electron chi connectivity index (χ1n) is 5.28. The number of aliphatic imine (C=N–C) groups is 1. The van der Waals surface area contributed by atoms with Crippen LogP contribution in [0.1, 0.15) is 25.7 Å². The molecule has 0 saturated heterocycles. The van der Waals surface area contributed by atoms with Crippen molar-refractivity contribution in [1.82, 2.24) is 10.6 Å². The van der Waals surface area contributed by atoms with E-state index in [1.807, 2.05) is 14.1 Å². The van der Waals surface area contributed by atoms with Gasteiger partial charge in [-0.25, -0.2) is 0 Å². The first-order valence-corrected chi connectivity index (χ1v) is 5.28. The Labute approximate surface area is 80.0 Å². The van der Waals surface area contributed by atoms with Gasteiger partial charge in [0.05, 0.1) is 0 Å². The number of fused-ring (bicyclic) bond motifs is 1. The summed E-state index contributed by atoms with van der Waals surface area (Å²) in [5.74, 6) is 2.83. The van der Waals surface area contributed by atoms with Crippen LogP contribution < -0.4 is 10.6 Å². The first kappa shape index (κ1) is 8.85. The van der Waals surface area contributed by atoms with Crippen molar-refractivity contribution in [3.8, 4) is 0 Å². The smallest absolute Gasteiger partial charge is 0.190 e. The molecule has 2 N–H and O–H groups in total. The Balaban J connectivity index is 1.84. The van der Waals surface area contributed by atoms with Crippen LogP contribution in [-0.2, 0) is 0 Å². The second kappa shape index (κ2) is 3.56. The molecule has 2 fully saturated rings. The average Bonchev–Trinajstić information content (AvgIpc) is 2.88. The van der Waals surface area contributed by atoms with Gasteiger partial charge in [-0.3, -0.25) is 4.99 Å². The lowest BCUT2D eigenvalue weighted by Gasteiger charge is -2.07. The van der Waals surface area contributed by atoms with Crippen molar-refractivity contribution in [2.45, 2.75) is 31.7 Å². The molecule has 0 amide bonds. The number of nitrogens with one attached hydrogen (secondary N) is 2. The summed E-state index contributed by atoms with van der Waals surface area (Å²) >= 11 is 0. The maximum atomic E-state index is 4.14. The molecular weight excluding hydrogens is 162 g/mol. The molecule has 74 valence electrons. The van der Waals surface area contributed by atoms with E-state index in [1.165, 1.54) is 25.7 Å². The molecule has 0 aliphatic heterocycles. The molecule has 2 saturated carbocycles. The fourth-order valence-corrected chi connectivity index (χ4v) is 2.61. The molecule has 3 nitrogen and oxygen atoms in total. The largest absolute Gasteiger partial charge is 0.359 e. The zero-order valence-corrected chi connectivity index (χ0v) is 8.51. The lowest BCUT2D eigenvalue weighted by Crippen LogP contribution is -2.37. The molecular formula is C10H19N3. The van der Waals surface area contributed by atoms with Gasteiger partial charge >= 0.3 is 0 Å². The minimum Gasteiger partial charge on any atom is -0.359 e. The van der Waals surface area contributed by atoms with Crippen LogP contribution in [0.2, 0.25) is 0 Å². The van der Waals surface area contributed by atoms with E-state index in [2.05, 4.69) is 15.6 Å². The highest BCUT2D eigenvalue weighted by molar-refractivity contribution is 5.80. The molecule has 0 aromatic rings. The van der Waals surface area contributed by atoms with Gasteiger partial charge in [0.25, 0.3) is 0 Å². The topological polar surface area (TPSA) is 36.4 Å². The molecule has 2 aliphatic carbocycles. The maximum Gasteiger partial charge on any atom is 0.190 e. The van der Waals surface area contributed by atoms with Crippen molar-refractivity contribution in [2.24, 2.45) is 16.8 Å². The molecule has 13 heavy (non-hydrogen) atoms. The molecule has 0 spiro atoms. The normalized spacial score (nSPS) is 38.0. The van der Waals surface area contributed by atoms with Crippen LogP contribution in [0.5, 0.6) is 0 Å². The van der Waals surface area contributed by atoms with Gasteiger partial charge < -0.3 is 10.6 Å². The van der Waals surface area contributed by atoms with Gasteiger partial charge in [0.15, 0.2) is 5.96 Å². The van der Waals surface area contributed by atoms with Gasteiger partial charge in [-0.05, 0) is 24.7 Å². The Morgan fingerprint density at radius 3 is 2.31 bits per heavy atom. The predicted molar refractivity (Wildman–Crippen MR) is 54.8 cm³/mol. The lowest BCUT2D eigenvalue weighted by atomic mass is 10.0. The third-order valence-electron chi connectivity index (χ3n) is 3.42. The number of nitrogens with zero attached hydrogens (tertiary/aromatic N) is 1. The second-order valence-electron chi connectivity index (χ2n) is 4.10. The van der Waals surface area contributed by atoms with Crippen LogP contribution in [0.15, 0.2) is 4.99 Å². The van der Waals surface area contributed by atoms with E-state index in [0.29, 0.717) is 6.04 Å². The molecule has 0 heterocycles. The van der Waals surface area contributed by atoms with Crippen LogP contribution in [0.3, 0.4) is 0 Å². The summed E-state index contributed by atoms with van der Waals surface area (Å²) < 4.78 is 0. The summed E-state index contributed by atoms with van der Waals surface area (Å²) in [6.07, 6.45) is 5.70. The monoisotopic (exact) mass is 181 g/mol. The molecule has 2 unspecified atom stereocenters. The zero-order valence-electron chi connectivity index (χ0n) is 8.51. The van der Waals surface area contributed by atoms with E-state index in [0.717, 1.165) is 17.8 Å². The van der Waals surface area contributed by atoms with Crippen molar-refractivity contribution in [2.75, 3.05) is 14.1 Å². The molecule has 3 heteroatoms. The predicted octanol–water partition coefficient (Wildman–Crippen LogP) is 0.970. The minimum absolute atomic E-state index is 0.716. The Morgan fingerprint density at radius 1 is 1.23 bits per heavy atom. The van der Waals surface area contributed by atoms with E-state index < -0.39 is 0 Å². The maximum absolute atomic E-state index is 4.14. The van der Waals surface area contributed by atoms with Crippen LogP contribution in [-0.4, -0.2) is 26.1 Å². The van der Waals surface area contributed by atoms with Crippen molar-refractivity contribution in [1.29, 1.82) is 0 Å². The third-order valence-corrected chi connectivity index (χ3v) is 3.42. The highest BCUT2D eigenvalue weighted by atomic mass is 15.2. The summed E-state index contributed by atoms with van der Waals surface area (Å²) in [7, 11) is 3.74. The van der Waals surface area contributed by atoms with Crippen LogP contribution in [0.4, 0.5) is 0 Å². The molecule has 0 aromatic carbocycles. The van der Waals surface area contributed by atoms with Crippen molar-refractivity contribution >= 4 is 5.96 Å². The average molecular weight is 181 g/mol. The molecule has 2 atom stereocenters. The van der Waals surface area contributed by atoms with Gasteiger partial charge in [0.2, 0.25) is 0 Å². The highest BCUT2D eigenvalue weighted by Gasteiger charge is 2.50. The highest BCUT2D eigenvalue weighted by Crippen LogP contribution is 2.49. The van der Waals surface area contributed by atoms with Crippen LogP contribution >= 0.6 is 0 Å². The van der Waals surface area contributed by atoms with Gasteiger partial charge in [-0.1, -0.05) is 12.8 Å². The summed E-state index contributed by atoms with van der Waals surface area (Å²) in [5.41, 5.74) is 0. The van der Waals surface area contributed by atoms with Gasteiger partial charge in [-0.2, -0.15) is 0 Å². The SMILES string of the molecule is CN=C(NC)NC1C2CCCCC21. The first-order chi connectivity index (χ1) is 6.36.